The van der Waals surface area contributed by atoms with Crippen LogP contribution in [0.3, 0.4) is 0 Å². The molecule has 17 nitrogen and oxygen atoms in total. The number of rotatable bonds is 11. The number of hydrogen-bond donors (Lipinski definition) is 4. The van der Waals surface area contributed by atoms with Crippen molar-refractivity contribution in [3.8, 4) is 22.6 Å². The van der Waals surface area contributed by atoms with Crippen LogP contribution >= 0.6 is 0 Å². The Morgan fingerprint density at radius 1 is 0.492 bits per heavy atom. The number of phenolic OH excluding ortho intramolecular Hbond substituents is 1. The Morgan fingerprint density at radius 3 is 1.39 bits per heavy atom. The molecule has 0 fully saturated rings. The maximum atomic E-state index is 12.7. The summed E-state index contributed by atoms with van der Waals surface area (Å²) in [6, 6.07) is 22.1. The maximum absolute atomic E-state index is 12.7. The molecule has 0 spiro atoms. The van der Waals surface area contributed by atoms with Crippen molar-refractivity contribution in [2.24, 2.45) is 20.5 Å². The largest absolute Gasteiger partial charge is 0.505 e. The Labute approximate surface area is 417 Å². The molecule has 0 heterocycles. The Kier molecular flexibility index (Phi) is 17.4. The van der Waals surface area contributed by atoms with Crippen molar-refractivity contribution in [2.45, 2.75) is 40.4 Å². The molecule has 6 rings (SSSR count). The van der Waals surface area contributed by atoms with Crippen LogP contribution in [0.5, 0.6) is 11.5 Å². The Bertz CT molecular complexity index is 3170. The third-order valence-electron chi connectivity index (χ3n) is 8.57. The minimum absolute atomic E-state index is 0. The van der Waals surface area contributed by atoms with Crippen molar-refractivity contribution in [1.82, 2.24) is 0 Å². The number of benzene rings is 6. The van der Waals surface area contributed by atoms with E-state index in [-0.39, 0.29) is 149 Å². The Hall–Kier alpha value is -2.94. The molecule has 0 saturated carbocycles. The molecule has 0 aliphatic carbocycles. The molecular weight excluding hydrogens is 906 g/mol. The zero-order valence-corrected chi connectivity index (χ0v) is 42.5. The number of fused-ring (bicyclic) bond motifs is 1. The van der Waals surface area contributed by atoms with Gasteiger partial charge in [0.05, 0.1) is 17.1 Å². The number of nitrogens with zero attached hydrogens (tertiary/aromatic N) is 4. The average Bonchev–Trinajstić information content (AvgIpc) is 3.13. The normalized spacial score (nSPS) is 12.2. The van der Waals surface area contributed by atoms with Crippen LogP contribution in [0, 0.1) is 20.8 Å². The molecule has 0 aliphatic rings. The quantitative estimate of drug-likeness (QED) is 0.0429. The van der Waals surface area contributed by atoms with E-state index in [1.165, 1.54) is 80.6 Å². The van der Waals surface area contributed by atoms with E-state index in [4.69, 9.17) is 4.18 Å². The topological polar surface area (TPSA) is 276 Å². The van der Waals surface area contributed by atoms with Crippen LogP contribution in [0.25, 0.3) is 21.9 Å². The minimum atomic E-state index is -5.16. The van der Waals surface area contributed by atoms with Gasteiger partial charge in [0.1, 0.15) is 31.0 Å². The van der Waals surface area contributed by atoms with Crippen LogP contribution in [0.4, 0.5) is 22.7 Å². The van der Waals surface area contributed by atoms with E-state index in [9.17, 15) is 52.4 Å². The number of azo groups is 2. The molecule has 0 aliphatic heterocycles. The van der Waals surface area contributed by atoms with Gasteiger partial charge in [-0.1, -0.05) is 42.0 Å². The Morgan fingerprint density at radius 2 is 0.918 bits per heavy atom. The first kappa shape index (κ1) is 52.4. The number of hydrogen-bond acceptors (Lipinski definition) is 14. The Balaban J connectivity index is 0.00000331. The summed E-state index contributed by atoms with van der Waals surface area (Å²) in [5.41, 5.74) is -0.0343. The van der Waals surface area contributed by atoms with Crippen molar-refractivity contribution in [3.05, 3.63) is 120 Å². The molecule has 4 N–H and O–H groups in total. The molecule has 61 heavy (non-hydrogen) atoms. The van der Waals surface area contributed by atoms with Gasteiger partial charge >= 0.3 is 10.1 Å². The molecule has 0 atom stereocenters. The summed E-state index contributed by atoms with van der Waals surface area (Å²) >= 11 is 0. The van der Waals surface area contributed by atoms with E-state index in [1.54, 1.807) is 19.1 Å². The second-order valence-electron chi connectivity index (χ2n) is 12.7. The van der Waals surface area contributed by atoms with Crippen molar-refractivity contribution in [1.29, 1.82) is 0 Å². The van der Waals surface area contributed by atoms with Gasteiger partial charge in [0, 0.05) is 111 Å². The van der Waals surface area contributed by atoms with E-state index >= 15 is 0 Å². The molecule has 0 saturated heterocycles. The predicted octanol–water partition coefficient (Wildman–Crippen LogP) is 7.33. The van der Waals surface area contributed by atoms with Crippen LogP contribution in [0.2, 0.25) is 0 Å². The average molecular weight is 936 g/mol. The second kappa shape index (κ2) is 20.3. The SMILES string of the molecule is Cc1ccc(S(=O)(=O)Oc2ccc(N=Nc3cc(S(=O)(=O)O)c(-c4cc(C)c(N=Nc5cc(S(=O)(=O)O)c6ccccc6c5O)cc4S(=O)(=O)O)cc3C)cc2)cc1.[Na].[Na].[Na]. The monoisotopic (exact) mass is 935 g/mol. The smallest absolute Gasteiger partial charge is 0.339 e. The molecule has 0 unspecified atom stereocenters. The molecule has 303 valence electrons. The zero-order valence-electron chi connectivity index (χ0n) is 33.2. The summed E-state index contributed by atoms with van der Waals surface area (Å²) in [5, 5.41) is 26.8. The van der Waals surface area contributed by atoms with E-state index in [0.29, 0.717) is 0 Å². The molecule has 6 aromatic carbocycles. The number of aromatic hydroxyl groups is 1. The summed E-state index contributed by atoms with van der Waals surface area (Å²) in [6.07, 6.45) is 0. The van der Waals surface area contributed by atoms with Crippen LogP contribution in [0.1, 0.15) is 16.7 Å². The van der Waals surface area contributed by atoms with E-state index < -0.39 is 66.6 Å². The van der Waals surface area contributed by atoms with E-state index in [1.807, 2.05) is 0 Å². The fraction of sp³-hybridized carbons (Fsp3) is 0.0811. The number of aryl methyl sites for hydroxylation is 3. The zero-order chi connectivity index (χ0) is 42.4. The first-order valence-corrected chi connectivity index (χ1v) is 22.2. The molecule has 0 amide bonds. The van der Waals surface area contributed by atoms with Crippen LogP contribution in [0.15, 0.2) is 143 Å². The van der Waals surface area contributed by atoms with Gasteiger partial charge in [-0.2, -0.15) is 49.0 Å². The standard InChI is InChI=1S/C37H30N4O13S4.3Na/c1-21-8-14-26(15-9-21)58(52,53)54-25-12-10-24(11-13-25)38-39-31-18-35(56(46,47)48)29(16-22(31)2)30-17-23(3)32(19-36(30)57(49,50)51)40-41-33-20-34(55(43,44)45)27-6-4-5-7-28(27)37(33)42;;;/h4-20,42H,1-3H3,(H,43,44,45)(H,46,47,48)(H,49,50,51);;;. The number of phenols is 1. The summed E-state index contributed by atoms with van der Waals surface area (Å²) in [4.78, 5) is -2.31. The fourth-order valence-electron chi connectivity index (χ4n) is 5.69. The predicted molar refractivity (Wildman–Crippen MR) is 227 cm³/mol. The summed E-state index contributed by atoms with van der Waals surface area (Å²) in [7, 11) is -19.2. The summed E-state index contributed by atoms with van der Waals surface area (Å²) in [5.74, 6) is -0.541. The van der Waals surface area contributed by atoms with E-state index in [2.05, 4.69) is 20.5 Å². The van der Waals surface area contributed by atoms with Gasteiger partial charge in [0.2, 0.25) is 0 Å². The third kappa shape index (κ3) is 12.2. The minimum Gasteiger partial charge on any atom is -0.505 e. The first-order valence-electron chi connectivity index (χ1n) is 16.4. The first-order chi connectivity index (χ1) is 27.0. The summed E-state index contributed by atoms with van der Waals surface area (Å²) < 4.78 is 136. The third-order valence-corrected chi connectivity index (χ3v) is 12.5. The fourth-order valence-corrected chi connectivity index (χ4v) is 8.75. The van der Waals surface area contributed by atoms with Crippen LogP contribution in [-0.2, 0) is 40.5 Å². The molecule has 24 heteroatoms. The van der Waals surface area contributed by atoms with Crippen molar-refractivity contribution in [3.63, 3.8) is 0 Å². The van der Waals surface area contributed by atoms with Gasteiger partial charge in [0.25, 0.3) is 30.4 Å². The van der Waals surface area contributed by atoms with Gasteiger partial charge in [0.15, 0.2) is 5.75 Å². The van der Waals surface area contributed by atoms with Gasteiger partial charge < -0.3 is 9.29 Å². The van der Waals surface area contributed by atoms with Crippen LogP contribution < -0.4 is 4.18 Å². The van der Waals surface area contributed by atoms with Crippen molar-refractivity contribution >= 4 is 163 Å². The molecule has 6 aromatic rings. The summed E-state index contributed by atoms with van der Waals surface area (Å²) in [6.45, 7) is 4.71. The molecule has 0 bridgehead atoms. The van der Waals surface area contributed by atoms with Gasteiger partial charge in [-0.05, 0) is 98.6 Å². The van der Waals surface area contributed by atoms with Crippen molar-refractivity contribution < 1.29 is 56.6 Å². The van der Waals surface area contributed by atoms with E-state index in [0.717, 1.165) is 29.8 Å². The molecule has 3 radical (unpaired) electrons. The van der Waals surface area contributed by atoms with Gasteiger partial charge in [-0.15, -0.1) is 5.11 Å². The molecular formula is C37H30N4Na3O13S4. The molecule has 0 aromatic heterocycles. The van der Waals surface area contributed by atoms with Crippen LogP contribution in [-0.4, -0.2) is 141 Å². The van der Waals surface area contributed by atoms with Gasteiger partial charge in [-0.3, -0.25) is 13.7 Å². The second-order valence-corrected chi connectivity index (χ2v) is 18.4. The van der Waals surface area contributed by atoms with Crippen molar-refractivity contribution in [2.75, 3.05) is 0 Å². The maximum Gasteiger partial charge on any atom is 0.339 e. The van der Waals surface area contributed by atoms with Gasteiger partial charge in [-0.25, -0.2) is 0 Å².